The smallest absolute Gasteiger partial charge is 0.171 e. The van der Waals surface area contributed by atoms with Crippen molar-refractivity contribution in [3.8, 4) is 22.6 Å². The Bertz CT molecular complexity index is 3100. The van der Waals surface area contributed by atoms with Crippen molar-refractivity contribution >= 4 is 77.4 Å². The van der Waals surface area contributed by atoms with Crippen LogP contribution in [0.3, 0.4) is 0 Å². The largest absolute Gasteiger partial charge is 0.309 e. The molecule has 0 N–H and O–H groups in total. The van der Waals surface area contributed by atoms with Gasteiger partial charge in [-0.1, -0.05) is 140 Å². The molecular formula is C51H34N3OP. The summed E-state index contributed by atoms with van der Waals surface area (Å²) in [5.74, 6) is 0. The first kappa shape index (κ1) is 32.4. The lowest BCUT2D eigenvalue weighted by molar-refractivity contribution is 0.592. The van der Waals surface area contributed by atoms with Gasteiger partial charge in [-0.05, 0) is 66.0 Å². The number of aromatic nitrogens is 3. The molecule has 264 valence electrons. The van der Waals surface area contributed by atoms with Crippen LogP contribution >= 0.6 is 7.14 Å². The van der Waals surface area contributed by atoms with Crippen LogP contribution in [0.25, 0.3) is 77.0 Å². The molecule has 0 saturated carbocycles. The Morgan fingerprint density at radius 3 is 1.29 bits per heavy atom. The zero-order valence-corrected chi connectivity index (χ0v) is 31.2. The molecule has 11 rings (SSSR count). The molecule has 56 heavy (non-hydrogen) atoms. The molecule has 0 fully saturated rings. The van der Waals surface area contributed by atoms with Crippen molar-refractivity contribution in [1.82, 2.24) is 14.1 Å². The molecule has 3 heterocycles. The van der Waals surface area contributed by atoms with E-state index in [4.69, 9.17) is 4.98 Å². The lowest BCUT2D eigenvalue weighted by atomic mass is 10.0. The Morgan fingerprint density at radius 2 is 0.786 bits per heavy atom. The summed E-state index contributed by atoms with van der Waals surface area (Å²) in [7, 11) is -3.54. The zero-order chi connectivity index (χ0) is 37.2. The lowest BCUT2D eigenvalue weighted by Crippen LogP contribution is -2.26. The summed E-state index contributed by atoms with van der Waals surface area (Å²) in [5, 5.41) is 9.20. The van der Waals surface area contributed by atoms with Gasteiger partial charge in [-0.15, -0.1) is 0 Å². The summed E-state index contributed by atoms with van der Waals surface area (Å²) in [5.41, 5.74) is 8.16. The van der Waals surface area contributed by atoms with Crippen LogP contribution in [0.2, 0.25) is 0 Å². The highest BCUT2D eigenvalue weighted by atomic mass is 31.2. The van der Waals surface area contributed by atoms with Crippen molar-refractivity contribution in [2.24, 2.45) is 0 Å². The Hall–Kier alpha value is -7.00. The molecule has 5 heteroatoms. The number of hydrogen-bond donors (Lipinski definition) is 0. The number of nitrogens with zero attached hydrogens (tertiary/aromatic N) is 3. The van der Waals surface area contributed by atoms with E-state index >= 15 is 4.57 Å². The zero-order valence-electron chi connectivity index (χ0n) is 30.3. The van der Waals surface area contributed by atoms with Crippen LogP contribution < -0.4 is 15.9 Å². The third kappa shape index (κ3) is 4.93. The molecule has 0 bridgehead atoms. The quantitative estimate of drug-likeness (QED) is 0.160. The van der Waals surface area contributed by atoms with Gasteiger partial charge in [0.05, 0.1) is 27.8 Å². The minimum absolute atomic E-state index is 0.753. The van der Waals surface area contributed by atoms with Crippen LogP contribution in [0.4, 0.5) is 0 Å². The SMILES string of the molecule is O=P(c1cccc(-c2nccc3ccccc23)c1)(c1cccc(-n2c3ccccc3c3ccccc32)c1)c1cccc(-n2c3ccccc3c3ccccc32)c1. The molecule has 0 atom stereocenters. The van der Waals surface area contributed by atoms with Crippen molar-refractivity contribution in [3.05, 3.63) is 206 Å². The Morgan fingerprint density at radius 1 is 0.375 bits per heavy atom. The second-order valence-corrected chi connectivity index (χ2v) is 17.1. The van der Waals surface area contributed by atoms with Crippen LogP contribution in [-0.4, -0.2) is 14.1 Å². The number of benzene rings is 8. The number of para-hydroxylation sites is 4. The Balaban J connectivity index is 1.17. The molecule has 0 aliphatic rings. The molecule has 8 aromatic carbocycles. The molecule has 0 saturated heterocycles. The van der Waals surface area contributed by atoms with Gasteiger partial charge in [0.15, 0.2) is 7.14 Å². The first-order chi connectivity index (χ1) is 27.7. The average Bonchev–Trinajstić information content (AvgIpc) is 3.79. The summed E-state index contributed by atoms with van der Waals surface area (Å²) in [6.07, 6.45) is 1.86. The third-order valence-corrected chi connectivity index (χ3v) is 14.2. The van der Waals surface area contributed by atoms with Gasteiger partial charge < -0.3 is 13.7 Å². The van der Waals surface area contributed by atoms with Gasteiger partial charge in [-0.25, -0.2) is 0 Å². The predicted octanol–water partition coefficient (Wildman–Crippen LogP) is 11.7. The molecule has 0 aliphatic heterocycles. The van der Waals surface area contributed by atoms with Crippen LogP contribution in [0.15, 0.2) is 206 Å². The molecular weight excluding hydrogens is 702 g/mol. The maximum absolute atomic E-state index is 16.7. The number of fused-ring (bicyclic) bond motifs is 7. The molecule has 0 amide bonds. The van der Waals surface area contributed by atoms with Crippen molar-refractivity contribution in [3.63, 3.8) is 0 Å². The van der Waals surface area contributed by atoms with Crippen LogP contribution in [-0.2, 0) is 4.57 Å². The highest BCUT2D eigenvalue weighted by Crippen LogP contribution is 2.45. The fourth-order valence-electron chi connectivity index (χ4n) is 8.70. The molecule has 11 aromatic rings. The first-order valence-corrected chi connectivity index (χ1v) is 20.6. The minimum atomic E-state index is -3.54. The molecule has 0 radical (unpaired) electrons. The second kappa shape index (κ2) is 12.8. The van der Waals surface area contributed by atoms with Gasteiger partial charge in [0.1, 0.15) is 0 Å². The number of pyridine rings is 1. The Labute approximate surface area is 323 Å². The van der Waals surface area contributed by atoms with E-state index in [9.17, 15) is 0 Å². The summed E-state index contributed by atoms with van der Waals surface area (Å²) in [6.45, 7) is 0. The molecule has 4 nitrogen and oxygen atoms in total. The maximum Gasteiger partial charge on any atom is 0.171 e. The molecule has 0 spiro atoms. The highest BCUT2D eigenvalue weighted by Gasteiger charge is 2.32. The normalized spacial score (nSPS) is 12.0. The van der Waals surface area contributed by atoms with E-state index in [1.54, 1.807) is 0 Å². The van der Waals surface area contributed by atoms with Crippen molar-refractivity contribution in [1.29, 1.82) is 0 Å². The molecule has 0 unspecified atom stereocenters. The topological polar surface area (TPSA) is 39.8 Å². The van der Waals surface area contributed by atoms with E-state index in [2.05, 4.69) is 155 Å². The minimum Gasteiger partial charge on any atom is -0.309 e. The standard InChI is InChI=1S/C51H34N3OP/c55-56(39-18-11-15-36(32-39)51-42-21-2-1-14-35(42)30-31-52-51,40-19-12-16-37(33-40)53-47-26-7-3-22-43(47)44-23-4-8-27-48(44)53)41-20-13-17-38(34-41)54-49-28-9-5-24-45(49)46-25-6-10-29-50(46)54/h1-34H. The summed E-state index contributed by atoms with van der Waals surface area (Å²) in [6, 6.07) is 69.3. The molecule has 3 aromatic heterocycles. The summed E-state index contributed by atoms with van der Waals surface area (Å²) < 4.78 is 21.3. The second-order valence-electron chi connectivity index (χ2n) is 14.3. The monoisotopic (exact) mass is 735 g/mol. The van der Waals surface area contributed by atoms with E-state index in [1.165, 1.54) is 21.5 Å². The van der Waals surface area contributed by atoms with Crippen molar-refractivity contribution < 1.29 is 4.57 Å². The van der Waals surface area contributed by atoms with Crippen molar-refractivity contribution in [2.75, 3.05) is 0 Å². The van der Waals surface area contributed by atoms with Gasteiger partial charge in [-0.2, -0.15) is 0 Å². The fraction of sp³-hybridized carbons (Fsp3) is 0. The lowest BCUT2D eigenvalue weighted by Gasteiger charge is -2.23. The highest BCUT2D eigenvalue weighted by molar-refractivity contribution is 7.85. The van der Waals surface area contributed by atoms with Crippen LogP contribution in [0.1, 0.15) is 0 Å². The van der Waals surface area contributed by atoms with Crippen LogP contribution in [0.5, 0.6) is 0 Å². The van der Waals surface area contributed by atoms with Gasteiger partial charge in [0, 0.05) is 66.0 Å². The van der Waals surface area contributed by atoms with E-state index in [-0.39, 0.29) is 0 Å². The van der Waals surface area contributed by atoms with E-state index in [0.29, 0.717) is 0 Å². The van der Waals surface area contributed by atoms with Crippen molar-refractivity contribution in [2.45, 2.75) is 0 Å². The Kier molecular flexibility index (Phi) is 7.42. The van der Waals surface area contributed by atoms with Gasteiger partial charge in [0.25, 0.3) is 0 Å². The predicted molar refractivity (Wildman–Crippen MR) is 235 cm³/mol. The van der Waals surface area contributed by atoms with E-state index in [0.717, 1.165) is 71.4 Å². The van der Waals surface area contributed by atoms with Gasteiger partial charge in [0.2, 0.25) is 0 Å². The van der Waals surface area contributed by atoms with Crippen LogP contribution in [0, 0.1) is 0 Å². The average molecular weight is 736 g/mol. The summed E-state index contributed by atoms with van der Waals surface area (Å²) >= 11 is 0. The third-order valence-electron chi connectivity index (χ3n) is 11.2. The first-order valence-electron chi connectivity index (χ1n) is 18.9. The van der Waals surface area contributed by atoms with Gasteiger partial charge in [-0.3, -0.25) is 4.98 Å². The van der Waals surface area contributed by atoms with E-state index in [1.807, 2.05) is 60.8 Å². The number of hydrogen-bond acceptors (Lipinski definition) is 2. The van der Waals surface area contributed by atoms with E-state index < -0.39 is 7.14 Å². The number of rotatable bonds is 6. The molecule has 0 aliphatic carbocycles. The fourth-order valence-corrected chi connectivity index (χ4v) is 11.4. The maximum atomic E-state index is 16.7. The van der Waals surface area contributed by atoms with Gasteiger partial charge >= 0.3 is 0 Å². The summed E-state index contributed by atoms with van der Waals surface area (Å²) in [4.78, 5) is 4.86.